The van der Waals surface area contributed by atoms with Gasteiger partial charge in [0.25, 0.3) is 0 Å². The van der Waals surface area contributed by atoms with Crippen LogP contribution in [-0.2, 0) is 19.5 Å². The Morgan fingerprint density at radius 2 is 1.30 bits per heavy atom. The molecule has 148 valence electrons. The van der Waals surface area contributed by atoms with Crippen LogP contribution in [0, 0.1) is 11.3 Å². The van der Waals surface area contributed by atoms with Crippen LogP contribution in [-0.4, -0.2) is 11.4 Å². The number of nitrogens with zero attached hydrogens (tertiary/aromatic N) is 2. The van der Waals surface area contributed by atoms with Crippen molar-refractivity contribution in [2.45, 2.75) is 25.9 Å². The second kappa shape index (κ2) is 9.87. The molecule has 0 unspecified atom stereocenters. The first-order chi connectivity index (χ1) is 14.8. The van der Waals surface area contributed by atoms with Crippen molar-refractivity contribution in [2.24, 2.45) is 0 Å². The lowest BCUT2D eigenvalue weighted by atomic mass is 10.1. The summed E-state index contributed by atoms with van der Waals surface area (Å²) in [6.45, 7) is 2.83. The van der Waals surface area contributed by atoms with E-state index in [0.717, 1.165) is 32.5 Å². The zero-order chi connectivity index (χ0) is 20.6. The van der Waals surface area contributed by atoms with Gasteiger partial charge in [-0.25, -0.2) is 0 Å². The molecule has 0 atom stereocenters. The van der Waals surface area contributed by atoms with E-state index in [1.165, 1.54) is 27.5 Å². The maximum Gasteiger partial charge on any atom is 0.0991 e. The van der Waals surface area contributed by atoms with Gasteiger partial charge in [-0.05, 0) is 65.0 Å². The van der Waals surface area contributed by atoms with E-state index in [0.29, 0.717) is 5.56 Å². The first-order valence-corrected chi connectivity index (χ1v) is 10.5. The number of rotatable bonds is 8. The summed E-state index contributed by atoms with van der Waals surface area (Å²) >= 11 is 0. The fourth-order valence-corrected chi connectivity index (χ4v) is 3.90. The first kappa shape index (κ1) is 19.9. The first-order valence-electron chi connectivity index (χ1n) is 10.5. The number of hydrogen-bond acceptors (Lipinski definition) is 2. The Morgan fingerprint density at radius 1 is 0.633 bits per heavy atom. The van der Waals surface area contributed by atoms with Gasteiger partial charge < -0.3 is 0 Å². The molecule has 0 radical (unpaired) electrons. The van der Waals surface area contributed by atoms with E-state index in [4.69, 9.17) is 5.26 Å². The van der Waals surface area contributed by atoms with Gasteiger partial charge in [-0.2, -0.15) is 5.26 Å². The quantitative estimate of drug-likeness (QED) is 0.351. The maximum absolute atomic E-state index is 9.06. The standard InChI is InChI=1S/C28H26N2/c29-20-24-12-14-25(15-13-24)21-30(18-6-9-23-7-2-1-3-8-23)22-26-16-17-27-10-4-5-11-28(27)19-26/h1-5,7-8,10-17,19H,6,9,18,21-22H2. The third kappa shape index (κ3) is 5.35. The molecule has 0 bridgehead atoms. The van der Waals surface area contributed by atoms with Gasteiger partial charge in [0.05, 0.1) is 11.6 Å². The Morgan fingerprint density at radius 3 is 2.07 bits per heavy atom. The Labute approximate surface area is 179 Å². The lowest BCUT2D eigenvalue weighted by molar-refractivity contribution is 0.253. The molecule has 0 aliphatic carbocycles. The summed E-state index contributed by atoms with van der Waals surface area (Å²) in [7, 11) is 0. The van der Waals surface area contributed by atoms with E-state index in [1.807, 2.05) is 12.1 Å². The van der Waals surface area contributed by atoms with Gasteiger partial charge in [-0.3, -0.25) is 4.90 Å². The lowest BCUT2D eigenvalue weighted by Crippen LogP contribution is -2.24. The zero-order valence-corrected chi connectivity index (χ0v) is 17.2. The summed E-state index contributed by atoms with van der Waals surface area (Å²) in [5.74, 6) is 0. The van der Waals surface area contributed by atoms with Crippen LogP contribution in [0.3, 0.4) is 0 Å². The van der Waals surface area contributed by atoms with E-state index in [1.54, 1.807) is 0 Å². The highest BCUT2D eigenvalue weighted by Crippen LogP contribution is 2.18. The Hall–Kier alpha value is -3.41. The number of aryl methyl sites for hydroxylation is 1. The summed E-state index contributed by atoms with van der Waals surface area (Å²) in [5.41, 5.74) is 4.68. The van der Waals surface area contributed by atoms with Crippen molar-refractivity contribution < 1.29 is 0 Å². The molecular formula is C28H26N2. The van der Waals surface area contributed by atoms with E-state index < -0.39 is 0 Å². The molecule has 30 heavy (non-hydrogen) atoms. The predicted molar refractivity (Wildman–Crippen MR) is 124 cm³/mol. The van der Waals surface area contributed by atoms with Crippen molar-refractivity contribution in [2.75, 3.05) is 6.54 Å². The summed E-state index contributed by atoms with van der Waals surface area (Å²) < 4.78 is 0. The van der Waals surface area contributed by atoms with Crippen LogP contribution in [0.15, 0.2) is 97.1 Å². The van der Waals surface area contributed by atoms with Crippen LogP contribution in [0.4, 0.5) is 0 Å². The van der Waals surface area contributed by atoms with Gasteiger partial charge in [-0.1, -0.05) is 78.9 Å². The van der Waals surface area contributed by atoms with E-state index >= 15 is 0 Å². The minimum absolute atomic E-state index is 0.712. The average Bonchev–Trinajstić information content (AvgIpc) is 2.80. The zero-order valence-electron chi connectivity index (χ0n) is 17.2. The Balaban J connectivity index is 1.47. The fourth-order valence-electron chi connectivity index (χ4n) is 3.90. The largest absolute Gasteiger partial charge is 0.295 e. The van der Waals surface area contributed by atoms with Crippen LogP contribution in [0.1, 0.15) is 28.7 Å². The summed E-state index contributed by atoms with van der Waals surface area (Å²) in [4.78, 5) is 2.51. The Bertz CT molecular complexity index is 1120. The summed E-state index contributed by atoms with van der Waals surface area (Å²) in [6, 6.07) is 36.1. The molecule has 0 spiro atoms. The molecule has 2 nitrogen and oxygen atoms in total. The Kier molecular flexibility index (Phi) is 6.54. The van der Waals surface area contributed by atoms with Crippen molar-refractivity contribution in [3.05, 3.63) is 119 Å². The molecule has 4 aromatic carbocycles. The van der Waals surface area contributed by atoms with E-state index in [-0.39, 0.29) is 0 Å². The number of hydrogen-bond donors (Lipinski definition) is 0. The second-order valence-corrected chi connectivity index (χ2v) is 7.79. The summed E-state index contributed by atoms with van der Waals surface area (Å²) in [6.07, 6.45) is 2.20. The number of benzene rings is 4. The molecule has 0 heterocycles. The van der Waals surface area contributed by atoms with Crippen molar-refractivity contribution >= 4 is 10.8 Å². The van der Waals surface area contributed by atoms with Gasteiger partial charge in [0, 0.05) is 13.1 Å². The average molecular weight is 391 g/mol. The van der Waals surface area contributed by atoms with Crippen molar-refractivity contribution in [3.63, 3.8) is 0 Å². The molecule has 0 fully saturated rings. The normalized spacial score (nSPS) is 10.9. The van der Waals surface area contributed by atoms with Crippen molar-refractivity contribution in [3.8, 4) is 6.07 Å². The minimum atomic E-state index is 0.712. The van der Waals surface area contributed by atoms with Crippen molar-refractivity contribution in [1.29, 1.82) is 5.26 Å². The van der Waals surface area contributed by atoms with Crippen LogP contribution >= 0.6 is 0 Å². The van der Waals surface area contributed by atoms with Gasteiger partial charge >= 0.3 is 0 Å². The highest BCUT2D eigenvalue weighted by atomic mass is 15.1. The van der Waals surface area contributed by atoms with Gasteiger partial charge in [0.2, 0.25) is 0 Å². The molecule has 0 aromatic heterocycles. The topological polar surface area (TPSA) is 27.0 Å². The van der Waals surface area contributed by atoms with Gasteiger partial charge in [0.15, 0.2) is 0 Å². The van der Waals surface area contributed by atoms with Crippen LogP contribution in [0.2, 0.25) is 0 Å². The van der Waals surface area contributed by atoms with Gasteiger partial charge in [-0.15, -0.1) is 0 Å². The SMILES string of the molecule is N#Cc1ccc(CN(CCCc2ccccc2)Cc2ccc3ccccc3c2)cc1. The highest BCUT2D eigenvalue weighted by Gasteiger charge is 2.09. The molecule has 0 aliphatic rings. The highest BCUT2D eigenvalue weighted by molar-refractivity contribution is 5.82. The van der Waals surface area contributed by atoms with E-state index in [2.05, 4.69) is 95.9 Å². The minimum Gasteiger partial charge on any atom is -0.295 e. The molecule has 4 rings (SSSR count). The molecule has 0 saturated carbocycles. The van der Waals surface area contributed by atoms with Crippen LogP contribution in [0.25, 0.3) is 10.8 Å². The van der Waals surface area contributed by atoms with Crippen LogP contribution in [0.5, 0.6) is 0 Å². The molecule has 0 aliphatic heterocycles. The monoisotopic (exact) mass is 390 g/mol. The smallest absolute Gasteiger partial charge is 0.0991 e. The third-order valence-corrected chi connectivity index (χ3v) is 5.49. The van der Waals surface area contributed by atoms with Gasteiger partial charge in [0.1, 0.15) is 0 Å². The molecule has 0 amide bonds. The number of fused-ring (bicyclic) bond motifs is 1. The fraction of sp³-hybridized carbons (Fsp3) is 0.179. The van der Waals surface area contributed by atoms with Crippen molar-refractivity contribution in [1.82, 2.24) is 4.90 Å². The molecule has 0 saturated heterocycles. The van der Waals surface area contributed by atoms with Crippen LogP contribution < -0.4 is 0 Å². The predicted octanol–water partition coefficient (Wildman–Crippen LogP) is 6.35. The molecule has 0 N–H and O–H groups in total. The number of nitriles is 1. The van der Waals surface area contributed by atoms with E-state index in [9.17, 15) is 0 Å². The summed E-state index contributed by atoms with van der Waals surface area (Å²) in [5, 5.41) is 11.6. The lowest BCUT2D eigenvalue weighted by Gasteiger charge is -2.23. The molecular weight excluding hydrogens is 364 g/mol. The third-order valence-electron chi connectivity index (χ3n) is 5.49. The maximum atomic E-state index is 9.06. The molecule has 4 aromatic rings. The second-order valence-electron chi connectivity index (χ2n) is 7.79. The molecule has 2 heteroatoms.